The van der Waals surface area contributed by atoms with Crippen molar-refractivity contribution >= 4 is 11.3 Å². The first kappa shape index (κ1) is 11.9. The SMILES string of the molecule is Cc1oc(-c2ccsc2)nc1CN1CCNCC1. The number of nitrogens with zero attached hydrogens (tertiary/aromatic N) is 2. The van der Waals surface area contributed by atoms with Crippen LogP contribution in [0.2, 0.25) is 0 Å². The molecule has 2 aromatic rings. The summed E-state index contributed by atoms with van der Waals surface area (Å²) in [6, 6.07) is 2.05. The van der Waals surface area contributed by atoms with Crippen LogP contribution in [0.5, 0.6) is 0 Å². The number of hydrogen-bond acceptors (Lipinski definition) is 5. The van der Waals surface area contributed by atoms with Gasteiger partial charge in [0.15, 0.2) is 0 Å². The molecule has 4 nitrogen and oxygen atoms in total. The molecule has 0 atom stereocenters. The van der Waals surface area contributed by atoms with E-state index in [1.54, 1.807) is 11.3 Å². The van der Waals surface area contributed by atoms with Gasteiger partial charge in [0, 0.05) is 43.7 Å². The molecule has 0 aromatic carbocycles. The van der Waals surface area contributed by atoms with Gasteiger partial charge in [-0.1, -0.05) is 0 Å². The maximum Gasteiger partial charge on any atom is 0.227 e. The van der Waals surface area contributed by atoms with Gasteiger partial charge < -0.3 is 9.73 Å². The molecule has 2 aromatic heterocycles. The Morgan fingerprint density at radius 1 is 1.44 bits per heavy atom. The van der Waals surface area contributed by atoms with E-state index in [2.05, 4.69) is 20.6 Å². The van der Waals surface area contributed by atoms with Crippen molar-refractivity contribution in [1.82, 2.24) is 15.2 Å². The predicted molar refractivity (Wildman–Crippen MR) is 72.7 cm³/mol. The lowest BCUT2D eigenvalue weighted by atomic mass is 10.3. The normalized spacial score (nSPS) is 17.2. The van der Waals surface area contributed by atoms with E-state index < -0.39 is 0 Å². The Hall–Kier alpha value is -1.17. The third-order valence-electron chi connectivity index (χ3n) is 3.24. The van der Waals surface area contributed by atoms with Crippen molar-refractivity contribution in [2.24, 2.45) is 0 Å². The van der Waals surface area contributed by atoms with E-state index in [-0.39, 0.29) is 0 Å². The lowest BCUT2D eigenvalue weighted by Gasteiger charge is -2.26. The maximum atomic E-state index is 5.75. The molecule has 0 bridgehead atoms. The largest absolute Gasteiger partial charge is 0.441 e. The van der Waals surface area contributed by atoms with Crippen LogP contribution in [0.15, 0.2) is 21.2 Å². The summed E-state index contributed by atoms with van der Waals surface area (Å²) < 4.78 is 5.75. The molecular formula is C13H17N3OS. The zero-order valence-corrected chi connectivity index (χ0v) is 11.3. The van der Waals surface area contributed by atoms with Crippen molar-refractivity contribution in [1.29, 1.82) is 0 Å². The number of piperazine rings is 1. The number of hydrogen-bond donors (Lipinski definition) is 1. The number of rotatable bonds is 3. The Kier molecular flexibility index (Phi) is 3.45. The van der Waals surface area contributed by atoms with Gasteiger partial charge in [0.05, 0.1) is 5.69 Å². The molecule has 96 valence electrons. The minimum absolute atomic E-state index is 0.749. The second-order valence-corrected chi connectivity index (χ2v) is 5.34. The summed E-state index contributed by atoms with van der Waals surface area (Å²) in [5.41, 5.74) is 2.15. The van der Waals surface area contributed by atoms with Crippen LogP contribution in [-0.2, 0) is 6.54 Å². The predicted octanol–water partition coefficient (Wildman–Crippen LogP) is 2.12. The highest BCUT2D eigenvalue weighted by Crippen LogP contribution is 2.24. The zero-order chi connectivity index (χ0) is 12.4. The van der Waals surface area contributed by atoms with Gasteiger partial charge in [0.1, 0.15) is 5.76 Å². The molecule has 3 rings (SSSR count). The van der Waals surface area contributed by atoms with Gasteiger partial charge in [-0.25, -0.2) is 4.98 Å². The van der Waals surface area contributed by atoms with Gasteiger partial charge in [0.2, 0.25) is 5.89 Å². The van der Waals surface area contributed by atoms with E-state index in [1.807, 2.05) is 18.4 Å². The third-order valence-corrected chi connectivity index (χ3v) is 3.93. The van der Waals surface area contributed by atoms with Crippen LogP contribution in [0, 0.1) is 6.92 Å². The van der Waals surface area contributed by atoms with E-state index in [1.165, 1.54) is 0 Å². The summed E-state index contributed by atoms with van der Waals surface area (Å²) in [6.45, 7) is 7.18. The second-order valence-electron chi connectivity index (χ2n) is 4.56. The van der Waals surface area contributed by atoms with E-state index in [9.17, 15) is 0 Å². The standard InChI is InChI=1S/C13H17N3OS/c1-10-12(8-16-5-3-14-4-6-16)15-13(17-10)11-2-7-18-9-11/h2,7,9,14H,3-6,8H2,1H3. The van der Waals surface area contributed by atoms with E-state index in [0.29, 0.717) is 0 Å². The Bertz CT molecular complexity index is 500. The van der Waals surface area contributed by atoms with Crippen molar-refractivity contribution in [2.75, 3.05) is 26.2 Å². The van der Waals surface area contributed by atoms with Crippen molar-refractivity contribution in [3.63, 3.8) is 0 Å². The van der Waals surface area contributed by atoms with E-state index >= 15 is 0 Å². The first-order chi connectivity index (χ1) is 8.83. The van der Waals surface area contributed by atoms with Crippen molar-refractivity contribution in [3.8, 4) is 11.5 Å². The zero-order valence-electron chi connectivity index (χ0n) is 10.5. The molecule has 0 aliphatic carbocycles. The van der Waals surface area contributed by atoms with Crippen molar-refractivity contribution in [2.45, 2.75) is 13.5 Å². The van der Waals surface area contributed by atoms with Crippen LogP contribution in [-0.4, -0.2) is 36.1 Å². The first-order valence-electron chi connectivity index (χ1n) is 6.25. The minimum Gasteiger partial charge on any atom is -0.441 e. The van der Waals surface area contributed by atoms with Crippen LogP contribution in [0.3, 0.4) is 0 Å². The number of nitrogens with one attached hydrogen (secondary N) is 1. The molecule has 0 saturated carbocycles. The van der Waals surface area contributed by atoms with Crippen LogP contribution in [0.1, 0.15) is 11.5 Å². The summed E-state index contributed by atoms with van der Waals surface area (Å²) in [7, 11) is 0. The molecule has 1 aliphatic rings. The van der Waals surface area contributed by atoms with Gasteiger partial charge in [-0.15, -0.1) is 0 Å². The fourth-order valence-electron chi connectivity index (χ4n) is 2.17. The molecule has 1 N–H and O–H groups in total. The quantitative estimate of drug-likeness (QED) is 0.921. The Labute approximate surface area is 111 Å². The van der Waals surface area contributed by atoms with Crippen LogP contribution < -0.4 is 5.32 Å². The highest BCUT2D eigenvalue weighted by atomic mass is 32.1. The molecular weight excluding hydrogens is 246 g/mol. The molecule has 18 heavy (non-hydrogen) atoms. The van der Waals surface area contributed by atoms with Gasteiger partial charge in [-0.05, 0) is 18.4 Å². The van der Waals surface area contributed by atoms with Gasteiger partial charge in [0.25, 0.3) is 0 Å². The van der Waals surface area contributed by atoms with E-state index in [0.717, 1.165) is 55.6 Å². The van der Waals surface area contributed by atoms with Crippen LogP contribution in [0.25, 0.3) is 11.5 Å². The monoisotopic (exact) mass is 263 g/mol. The average Bonchev–Trinajstić information content (AvgIpc) is 3.01. The summed E-state index contributed by atoms with van der Waals surface area (Å²) >= 11 is 1.67. The molecule has 0 radical (unpaired) electrons. The summed E-state index contributed by atoms with van der Waals surface area (Å²) in [5.74, 6) is 1.69. The topological polar surface area (TPSA) is 41.3 Å². The minimum atomic E-state index is 0.749. The van der Waals surface area contributed by atoms with Crippen molar-refractivity contribution < 1.29 is 4.42 Å². The summed E-state index contributed by atoms with van der Waals surface area (Å²) in [4.78, 5) is 7.04. The van der Waals surface area contributed by atoms with Gasteiger partial charge >= 0.3 is 0 Å². The highest BCUT2D eigenvalue weighted by Gasteiger charge is 2.16. The lowest BCUT2D eigenvalue weighted by molar-refractivity contribution is 0.230. The highest BCUT2D eigenvalue weighted by molar-refractivity contribution is 7.08. The molecule has 1 saturated heterocycles. The molecule has 1 fully saturated rings. The molecule has 0 spiro atoms. The molecule has 3 heterocycles. The fraction of sp³-hybridized carbons (Fsp3) is 0.462. The Balaban J connectivity index is 1.76. The molecule has 1 aliphatic heterocycles. The number of aromatic nitrogens is 1. The smallest absolute Gasteiger partial charge is 0.227 e. The summed E-state index contributed by atoms with van der Waals surface area (Å²) in [5, 5.41) is 7.47. The molecule has 0 unspecified atom stereocenters. The Morgan fingerprint density at radius 2 is 2.28 bits per heavy atom. The summed E-state index contributed by atoms with van der Waals surface area (Å²) in [6.07, 6.45) is 0. The van der Waals surface area contributed by atoms with E-state index in [4.69, 9.17) is 4.42 Å². The number of thiophene rings is 1. The second kappa shape index (κ2) is 5.22. The van der Waals surface area contributed by atoms with Crippen LogP contribution >= 0.6 is 11.3 Å². The van der Waals surface area contributed by atoms with Crippen molar-refractivity contribution in [3.05, 3.63) is 28.3 Å². The first-order valence-corrected chi connectivity index (χ1v) is 7.19. The average molecular weight is 263 g/mol. The number of aryl methyl sites for hydroxylation is 1. The molecule has 0 amide bonds. The fourth-order valence-corrected chi connectivity index (χ4v) is 2.80. The number of oxazole rings is 1. The van der Waals surface area contributed by atoms with Crippen LogP contribution in [0.4, 0.5) is 0 Å². The van der Waals surface area contributed by atoms with Gasteiger partial charge in [-0.3, -0.25) is 4.90 Å². The maximum absolute atomic E-state index is 5.75. The Morgan fingerprint density at radius 3 is 3.00 bits per heavy atom. The molecule has 5 heteroatoms. The third kappa shape index (κ3) is 2.48. The van der Waals surface area contributed by atoms with Gasteiger partial charge in [-0.2, -0.15) is 11.3 Å². The lowest BCUT2D eigenvalue weighted by Crippen LogP contribution is -2.43.